The van der Waals surface area contributed by atoms with E-state index in [1.54, 1.807) is 6.07 Å². The van der Waals surface area contributed by atoms with Gasteiger partial charge in [0, 0.05) is 5.46 Å². The zero-order chi connectivity index (χ0) is 19.4. The average Bonchev–Trinajstić information content (AvgIpc) is 3.06. The predicted octanol–water partition coefficient (Wildman–Crippen LogP) is 0.525. The van der Waals surface area contributed by atoms with Crippen LogP contribution in [0.4, 0.5) is 4.39 Å². The standard InChI is InChI=1S/C18H17BFNO6/c1-25-17-14(7-4-12-10-27-19(24)16(12)17)18(23)21-8-15(22)26-9-11-2-5-13(20)6-3-11/h2-7,24H,8-10H2,1H3,(H,21,23). The first-order chi connectivity index (χ1) is 13.0. The molecule has 1 aliphatic heterocycles. The van der Waals surface area contributed by atoms with E-state index in [0.717, 1.165) is 5.56 Å². The van der Waals surface area contributed by atoms with Gasteiger partial charge in [0.15, 0.2) is 0 Å². The third kappa shape index (κ3) is 4.26. The van der Waals surface area contributed by atoms with Crippen molar-refractivity contribution >= 4 is 24.5 Å². The molecule has 0 saturated carbocycles. The first-order valence-electron chi connectivity index (χ1n) is 8.17. The van der Waals surface area contributed by atoms with Gasteiger partial charge in [-0.15, -0.1) is 0 Å². The maximum atomic E-state index is 12.8. The molecule has 0 unspecified atom stereocenters. The van der Waals surface area contributed by atoms with Crippen LogP contribution in [-0.4, -0.2) is 37.7 Å². The minimum Gasteiger partial charge on any atom is -0.496 e. The van der Waals surface area contributed by atoms with Crippen molar-refractivity contribution in [3.63, 3.8) is 0 Å². The number of carbonyl (C=O) groups is 2. The van der Waals surface area contributed by atoms with Crippen molar-refractivity contribution in [2.24, 2.45) is 0 Å². The highest BCUT2D eigenvalue weighted by Crippen LogP contribution is 2.23. The molecular formula is C18H17BFNO6. The molecule has 1 heterocycles. The zero-order valence-corrected chi connectivity index (χ0v) is 14.5. The Hall–Kier alpha value is -2.91. The highest BCUT2D eigenvalue weighted by Gasteiger charge is 2.33. The second-order valence-electron chi connectivity index (χ2n) is 5.85. The summed E-state index contributed by atoms with van der Waals surface area (Å²) in [4.78, 5) is 24.2. The number of fused-ring (bicyclic) bond motifs is 1. The summed E-state index contributed by atoms with van der Waals surface area (Å²) in [6.07, 6.45) is 0. The number of amides is 1. The Morgan fingerprint density at radius 2 is 2.00 bits per heavy atom. The van der Waals surface area contributed by atoms with Gasteiger partial charge in [0.05, 0.1) is 19.3 Å². The maximum Gasteiger partial charge on any atom is 0.495 e. The van der Waals surface area contributed by atoms with Crippen LogP contribution < -0.4 is 15.5 Å². The van der Waals surface area contributed by atoms with Crippen LogP contribution in [0, 0.1) is 5.82 Å². The summed E-state index contributed by atoms with van der Waals surface area (Å²) in [5.74, 6) is -1.37. The fourth-order valence-corrected chi connectivity index (χ4v) is 2.73. The molecule has 1 amide bonds. The number of nitrogens with one attached hydrogen (secondary N) is 1. The van der Waals surface area contributed by atoms with Crippen LogP contribution in [0.3, 0.4) is 0 Å². The summed E-state index contributed by atoms with van der Waals surface area (Å²) in [5, 5.41) is 12.3. The molecule has 2 aromatic carbocycles. The summed E-state index contributed by atoms with van der Waals surface area (Å²) in [6, 6.07) is 8.74. The lowest BCUT2D eigenvalue weighted by atomic mass is 9.77. The quantitative estimate of drug-likeness (QED) is 0.567. The molecular weight excluding hydrogens is 356 g/mol. The lowest BCUT2D eigenvalue weighted by molar-refractivity contribution is -0.143. The van der Waals surface area contributed by atoms with Crippen molar-refractivity contribution in [2.45, 2.75) is 13.2 Å². The molecule has 0 aromatic heterocycles. The molecule has 140 valence electrons. The number of esters is 1. The molecule has 0 saturated heterocycles. The smallest absolute Gasteiger partial charge is 0.495 e. The van der Waals surface area contributed by atoms with Gasteiger partial charge in [-0.3, -0.25) is 9.59 Å². The number of rotatable bonds is 6. The topological polar surface area (TPSA) is 94.1 Å². The van der Waals surface area contributed by atoms with E-state index in [2.05, 4.69) is 5.32 Å². The summed E-state index contributed by atoms with van der Waals surface area (Å²) in [5.41, 5.74) is 1.94. The van der Waals surface area contributed by atoms with Gasteiger partial charge in [-0.1, -0.05) is 18.2 Å². The Kier molecular flexibility index (Phi) is 5.73. The number of ether oxygens (including phenoxy) is 2. The van der Waals surface area contributed by atoms with Crippen LogP contribution in [0.1, 0.15) is 21.5 Å². The molecule has 27 heavy (non-hydrogen) atoms. The number of halogens is 1. The SMILES string of the molecule is COc1c(C(=O)NCC(=O)OCc2ccc(F)cc2)ccc2c1B(O)OC2. The largest absolute Gasteiger partial charge is 0.496 e. The molecule has 0 aliphatic carbocycles. The third-order valence-electron chi connectivity index (χ3n) is 4.09. The van der Waals surface area contributed by atoms with E-state index in [-0.39, 0.29) is 36.9 Å². The van der Waals surface area contributed by atoms with Crippen LogP contribution in [-0.2, 0) is 27.4 Å². The van der Waals surface area contributed by atoms with Gasteiger partial charge < -0.3 is 24.5 Å². The van der Waals surface area contributed by atoms with E-state index in [4.69, 9.17) is 14.1 Å². The fourth-order valence-electron chi connectivity index (χ4n) is 2.73. The van der Waals surface area contributed by atoms with E-state index >= 15 is 0 Å². The molecule has 1 aliphatic rings. The monoisotopic (exact) mass is 373 g/mol. The molecule has 2 N–H and O–H groups in total. The highest BCUT2D eigenvalue weighted by atomic mass is 19.1. The normalized spacial score (nSPS) is 12.5. The van der Waals surface area contributed by atoms with Crippen LogP contribution >= 0.6 is 0 Å². The summed E-state index contributed by atoms with van der Waals surface area (Å²) >= 11 is 0. The van der Waals surface area contributed by atoms with Crippen molar-refractivity contribution in [1.29, 1.82) is 0 Å². The van der Waals surface area contributed by atoms with E-state index in [1.807, 2.05) is 0 Å². The molecule has 9 heteroatoms. The van der Waals surface area contributed by atoms with Gasteiger partial charge in [-0.05, 0) is 29.3 Å². The molecule has 3 rings (SSSR count). The van der Waals surface area contributed by atoms with Crippen LogP contribution in [0.2, 0.25) is 0 Å². The van der Waals surface area contributed by atoms with Gasteiger partial charge in [0.1, 0.15) is 24.7 Å². The Bertz CT molecular complexity index is 858. The highest BCUT2D eigenvalue weighted by molar-refractivity contribution is 6.63. The second kappa shape index (κ2) is 8.19. The molecule has 2 aromatic rings. The van der Waals surface area contributed by atoms with E-state index in [0.29, 0.717) is 11.0 Å². The Morgan fingerprint density at radius 3 is 2.70 bits per heavy atom. The lowest BCUT2D eigenvalue weighted by Gasteiger charge is -2.13. The molecule has 0 spiro atoms. The summed E-state index contributed by atoms with van der Waals surface area (Å²) < 4.78 is 28.3. The van der Waals surface area contributed by atoms with Gasteiger partial charge >= 0.3 is 13.1 Å². The number of carbonyl (C=O) groups excluding carboxylic acids is 2. The van der Waals surface area contributed by atoms with Gasteiger partial charge in [0.2, 0.25) is 0 Å². The Morgan fingerprint density at radius 1 is 1.26 bits per heavy atom. The van der Waals surface area contributed by atoms with Crippen LogP contribution in [0.15, 0.2) is 36.4 Å². The molecule has 0 bridgehead atoms. The fraction of sp³-hybridized carbons (Fsp3) is 0.222. The van der Waals surface area contributed by atoms with Crippen molar-refractivity contribution in [3.8, 4) is 5.75 Å². The van der Waals surface area contributed by atoms with E-state index in [1.165, 1.54) is 37.4 Å². The van der Waals surface area contributed by atoms with Gasteiger partial charge in [-0.25, -0.2) is 4.39 Å². The lowest BCUT2D eigenvalue weighted by Crippen LogP contribution is -2.34. The molecule has 0 fully saturated rings. The average molecular weight is 373 g/mol. The van der Waals surface area contributed by atoms with Crippen molar-refractivity contribution in [3.05, 3.63) is 58.9 Å². The summed E-state index contributed by atoms with van der Waals surface area (Å²) in [7, 11) is 0.220. The Balaban J connectivity index is 1.58. The number of benzene rings is 2. The first kappa shape index (κ1) is 18.9. The molecule has 7 nitrogen and oxygen atoms in total. The first-order valence-corrected chi connectivity index (χ1v) is 8.17. The van der Waals surface area contributed by atoms with Crippen molar-refractivity contribution < 1.29 is 33.1 Å². The Labute approximate surface area is 155 Å². The van der Waals surface area contributed by atoms with Crippen LogP contribution in [0.25, 0.3) is 0 Å². The maximum absolute atomic E-state index is 12.8. The van der Waals surface area contributed by atoms with Crippen molar-refractivity contribution in [2.75, 3.05) is 13.7 Å². The number of hydrogen-bond acceptors (Lipinski definition) is 6. The molecule has 0 radical (unpaired) electrons. The van der Waals surface area contributed by atoms with Gasteiger partial charge in [-0.2, -0.15) is 0 Å². The second-order valence-corrected chi connectivity index (χ2v) is 5.85. The third-order valence-corrected chi connectivity index (χ3v) is 4.09. The molecule has 0 atom stereocenters. The number of methoxy groups -OCH3 is 1. The van der Waals surface area contributed by atoms with Crippen molar-refractivity contribution in [1.82, 2.24) is 5.32 Å². The predicted molar refractivity (Wildman–Crippen MR) is 93.9 cm³/mol. The zero-order valence-electron chi connectivity index (χ0n) is 14.5. The van der Waals surface area contributed by atoms with E-state index < -0.39 is 19.0 Å². The van der Waals surface area contributed by atoms with Crippen LogP contribution in [0.5, 0.6) is 5.75 Å². The van der Waals surface area contributed by atoms with E-state index in [9.17, 15) is 19.0 Å². The van der Waals surface area contributed by atoms with Gasteiger partial charge in [0.25, 0.3) is 5.91 Å². The minimum absolute atomic E-state index is 0.0271. The minimum atomic E-state index is -1.16. The number of hydrogen-bond donors (Lipinski definition) is 2. The summed E-state index contributed by atoms with van der Waals surface area (Å²) in [6.45, 7) is -0.148.